The highest BCUT2D eigenvalue weighted by Crippen LogP contribution is 2.20. The molecule has 2 N–H and O–H groups in total. The van der Waals surface area contributed by atoms with Crippen LogP contribution in [-0.4, -0.2) is 43.5 Å². The number of piperidine rings is 1. The van der Waals surface area contributed by atoms with Gasteiger partial charge in [-0.15, -0.1) is 0 Å². The maximum absolute atomic E-state index is 12.1. The monoisotopic (exact) mass is 295 g/mol. The van der Waals surface area contributed by atoms with Crippen molar-refractivity contribution in [3.8, 4) is 0 Å². The summed E-state index contributed by atoms with van der Waals surface area (Å²) in [7, 11) is 1.98. The van der Waals surface area contributed by atoms with Gasteiger partial charge in [-0.2, -0.15) is 0 Å². The highest BCUT2D eigenvalue weighted by atomic mass is 35.5. The molecule has 1 amide bonds. The summed E-state index contributed by atoms with van der Waals surface area (Å²) < 4.78 is 0. The van der Waals surface area contributed by atoms with Crippen molar-refractivity contribution < 1.29 is 4.79 Å². The fourth-order valence-electron chi connectivity index (χ4n) is 2.56. The zero-order chi connectivity index (χ0) is 14.5. The number of carbonyl (C=O) groups excluding carboxylic acids is 1. The number of hydrogen-bond acceptors (Lipinski definition) is 3. The van der Waals surface area contributed by atoms with Crippen molar-refractivity contribution in [3.05, 3.63) is 28.8 Å². The van der Waals surface area contributed by atoms with Crippen molar-refractivity contribution in [2.45, 2.75) is 25.8 Å². The van der Waals surface area contributed by atoms with Gasteiger partial charge in [0.2, 0.25) is 5.91 Å². The second-order valence-electron chi connectivity index (χ2n) is 5.37. The number of nitrogens with zero attached hydrogens (tertiary/aromatic N) is 1. The Hall–Kier alpha value is -1.10. The molecule has 1 aromatic rings. The molecule has 0 spiro atoms. The molecule has 0 bridgehead atoms. The molecule has 2 rings (SSSR count). The fraction of sp³-hybridized carbons (Fsp3) is 0.533. The van der Waals surface area contributed by atoms with E-state index in [-0.39, 0.29) is 5.91 Å². The summed E-state index contributed by atoms with van der Waals surface area (Å²) in [6, 6.07) is 6.02. The van der Waals surface area contributed by atoms with E-state index in [2.05, 4.69) is 15.5 Å². The second-order valence-corrected chi connectivity index (χ2v) is 5.81. The number of likely N-dealkylation sites (N-methyl/N-ethyl adjacent to an activating group) is 1. The van der Waals surface area contributed by atoms with E-state index in [0.29, 0.717) is 17.6 Å². The molecule has 1 aliphatic heterocycles. The van der Waals surface area contributed by atoms with Crippen LogP contribution >= 0.6 is 11.6 Å². The standard InChI is InChI=1S/C15H22ClN3O/c1-11-5-6-12(16)8-14(11)18-15(20)10-19-7-3-4-13(9-19)17-2/h5-6,8,13,17H,3-4,7,9-10H2,1-2H3,(H,18,20). The van der Waals surface area contributed by atoms with Crippen molar-refractivity contribution in [3.63, 3.8) is 0 Å². The minimum absolute atomic E-state index is 0.0205. The molecule has 20 heavy (non-hydrogen) atoms. The first kappa shape index (κ1) is 15.3. The normalized spacial score (nSPS) is 19.9. The average molecular weight is 296 g/mol. The molecule has 0 saturated carbocycles. The van der Waals surface area contributed by atoms with Crippen LogP contribution in [0.15, 0.2) is 18.2 Å². The number of halogens is 1. The smallest absolute Gasteiger partial charge is 0.238 e. The third kappa shape index (κ3) is 4.20. The molecule has 0 aliphatic carbocycles. The van der Waals surface area contributed by atoms with Gasteiger partial charge in [0, 0.05) is 23.3 Å². The number of nitrogens with one attached hydrogen (secondary N) is 2. The summed E-state index contributed by atoms with van der Waals surface area (Å²) in [5.41, 5.74) is 1.82. The third-order valence-corrected chi connectivity index (χ3v) is 3.99. The fourth-order valence-corrected chi connectivity index (χ4v) is 2.73. The number of anilines is 1. The van der Waals surface area contributed by atoms with Gasteiger partial charge < -0.3 is 10.6 Å². The van der Waals surface area contributed by atoms with Crippen LogP contribution in [0.4, 0.5) is 5.69 Å². The summed E-state index contributed by atoms with van der Waals surface area (Å²) in [5.74, 6) is 0.0205. The van der Waals surface area contributed by atoms with Crippen LogP contribution < -0.4 is 10.6 Å². The first-order chi connectivity index (χ1) is 9.58. The van der Waals surface area contributed by atoms with Crippen molar-refractivity contribution in [1.29, 1.82) is 0 Å². The predicted octanol–water partition coefficient (Wildman–Crippen LogP) is 2.27. The topological polar surface area (TPSA) is 44.4 Å². The van der Waals surface area contributed by atoms with Gasteiger partial charge in [-0.05, 0) is 51.1 Å². The highest BCUT2D eigenvalue weighted by Gasteiger charge is 2.20. The lowest BCUT2D eigenvalue weighted by atomic mass is 10.1. The number of rotatable bonds is 4. The zero-order valence-electron chi connectivity index (χ0n) is 12.1. The Labute approximate surface area is 125 Å². The van der Waals surface area contributed by atoms with Gasteiger partial charge in [0.05, 0.1) is 6.54 Å². The molecule has 1 saturated heterocycles. The Kier molecular flexibility index (Phi) is 5.40. The Morgan fingerprint density at radius 1 is 1.50 bits per heavy atom. The van der Waals surface area contributed by atoms with Gasteiger partial charge in [0.1, 0.15) is 0 Å². The minimum atomic E-state index is 0.0205. The Balaban J connectivity index is 1.90. The lowest BCUT2D eigenvalue weighted by molar-refractivity contribution is -0.117. The quantitative estimate of drug-likeness (QED) is 0.896. The molecule has 5 heteroatoms. The molecule has 1 unspecified atom stereocenters. The molecule has 1 heterocycles. The molecule has 110 valence electrons. The number of hydrogen-bond donors (Lipinski definition) is 2. The van der Waals surface area contributed by atoms with E-state index in [4.69, 9.17) is 11.6 Å². The number of likely N-dealkylation sites (tertiary alicyclic amines) is 1. The SMILES string of the molecule is CNC1CCCN(CC(=O)Nc2cc(Cl)ccc2C)C1. The molecule has 4 nitrogen and oxygen atoms in total. The summed E-state index contributed by atoms with van der Waals surface area (Å²) in [4.78, 5) is 14.3. The molecule has 0 radical (unpaired) electrons. The van der Waals surface area contributed by atoms with Crippen LogP contribution in [0.2, 0.25) is 5.02 Å². The molecule has 0 aromatic heterocycles. The third-order valence-electron chi connectivity index (χ3n) is 3.75. The van der Waals surface area contributed by atoms with Gasteiger partial charge in [0.15, 0.2) is 0 Å². The lowest BCUT2D eigenvalue weighted by Crippen LogP contribution is -2.46. The highest BCUT2D eigenvalue weighted by molar-refractivity contribution is 6.31. The van der Waals surface area contributed by atoms with Crippen molar-refractivity contribution in [1.82, 2.24) is 10.2 Å². The molecular weight excluding hydrogens is 274 g/mol. The summed E-state index contributed by atoms with van der Waals surface area (Å²) in [5, 5.41) is 6.87. The molecule has 1 fully saturated rings. The number of aryl methyl sites for hydroxylation is 1. The maximum Gasteiger partial charge on any atom is 0.238 e. The van der Waals surface area contributed by atoms with E-state index in [1.807, 2.05) is 26.1 Å². The van der Waals surface area contributed by atoms with E-state index in [1.54, 1.807) is 6.07 Å². The second kappa shape index (κ2) is 7.07. The Morgan fingerprint density at radius 3 is 3.05 bits per heavy atom. The summed E-state index contributed by atoms with van der Waals surface area (Å²) in [6.45, 7) is 4.31. The maximum atomic E-state index is 12.1. The minimum Gasteiger partial charge on any atom is -0.325 e. The van der Waals surface area contributed by atoms with Crippen LogP contribution in [0.1, 0.15) is 18.4 Å². The predicted molar refractivity (Wildman–Crippen MR) is 83.3 cm³/mol. The number of carbonyl (C=O) groups is 1. The van der Waals surface area contributed by atoms with E-state index < -0.39 is 0 Å². The largest absolute Gasteiger partial charge is 0.325 e. The Morgan fingerprint density at radius 2 is 2.30 bits per heavy atom. The molecule has 1 aromatic carbocycles. The molecule has 1 atom stereocenters. The van der Waals surface area contributed by atoms with Gasteiger partial charge in [-0.3, -0.25) is 9.69 Å². The summed E-state index contributed by atoms with van der Waals surface area (Å²) in [6.07, 6.45) is 2.32. The lowest BCUT2D eigenvalue weighted by Gasteiger charge is -2.31. The van der Waals surface area contributed by atoms with Crippen LogP contribution in [-0.2, 0) is 4.79 Å². The van der Waals surface area contributed by atoms with Crippen molar-refractivity contribution in [2.75, 3.05) is 32.0 Å². The van der Waals surface area contributed by atoms with Gasteiger partial charge >= 0.3 is 0 Å². The van der Waals surface area contributed by atoms with Crippen LogP contribution in [0.25, 0.3) is 0 Å². The van der Waals surface area contributed by atoms with Crippen molar-refractivity contribution in [2.24, 2.45) is 0 Å². The zero-order valence-corrected chi connectivity index (χ0v) is 12.8. The van der Waals surface area contributed by atoms with E-state index in [1.165, 1.54) is 6.42 Å². The van der Waals surface area contributed by atoms with Gasteiger partial charge in [0.25, 0.3) is 0 Å². The van der Waals surface area contributed by atoms with E-state index in [9.17, 15) is 4.79 Å². The molecule has 1 aliphatic rings. The van der Waals surface area contributed by atoms with Gasteiger partial charge in [-0.1, -0.05) is 17.7 Å². The average Bonchev–Trinajstić information content (AvgIpc) is 2.43. The number of benzene rings is 1. The van der Waals surface area contributed by atoms with Crippen LogP contribution in [0.3, 0.4) is 0 Å². The number of amides is 1. The van der Waals surface area contributed by atoms with Crippen molar-refractivity contribution >= 4 is 23.2 Å². The van der Waals surface area contributed by atoms with Crippen LogP contribution in [0.5, 0.6) is 0 Å². The Bertz CT molecular complexity index is 478. The first-order valence-electron chi connectivity index (χ1n) is 7.04. The van der Waals surface area contributed by atoms with E-state index >= 15 is 0 Å². The first-order valence-corrected chi connectivity index (χ1v) is 7.42. The summed E-state index contributed by atoms with van der Waals surface area (Å²) >= 11 is 5.96. The van der Waals surface area contributed by atoms with Gasteiger partial charge in [-0.25, -0.2) is 0 Å². The van der Waals surface area contributed by atoms with E-state index in [0.717, 1.165) is 30.8 Å². The molecular formula is C15H22ClN3O. The van der Waals surface area contributed by atoms with Crippen LogP contribution in [0, 0.1) is 6.92 Å².